The number of rotatable bonds is 13. The van der Waals surface area contributed by atoms with Gasteiger partial charge < -0.3 is 30.4 Å². The molecule has 46 heavy (non-hydrogen) atoms. The zero-order chi connectivity index (χ0) is 32.5. The molecule has 3 heterocycles. The van der Waals surface area contributed by atoms with Crippen molar-refractivity contribution in [2.75, 3.05) is 44.8 Å². The summed E-state index contributed by atoms with van der Waals surface area (Å²) in [6.07, 6.45) is 11.1. The summed E-state index contributed by atoms with van der Waals surface area (Å²) in [5.74, 6) is 1.30. The maximum Gasteiger partial charge on any atom is 0.257 e. The van der Waals surface area contributed by atoms with E-state index in [4.69, 9.17) is 25.0 Å². The van der Waals surface area contributed by atoms with E-state index in [0.717, 1.165) is 63.1 Å². The second-order valence-corrected chi connectivity index (χ2v) is 12.5. The number of morpholine rings is 1. The monoisotopic (exact) mass is 631 g/mol. The number of nitriles is 1. The third-order valence-corrected chi connectivity index (χ3v) is 8.52. The third kappa shape index (κ3) is 8.51. The SMILES string of the molecule is C[C@@H](CN=CN)Oc1cc(-c2cnc(Nc3cn(C4CCC(N5CCOCC5)CC4)nc3OC(C)(C)CCO)nc2)ccc1C#N. The molecular weight excluding hydrogens is 586 g/mol. The van der Waals surface area contributed by atoms with Gasteiger partial charge in [0.25, 0.3) is 5.88 Å². The molecule has 1 saturated heterocycles. The number of aliphatic hydroxyl groups is 1. The fourth-order valence-electron chi connectivity index (χ4n) is 5.95. The van der Waals surface area contributed by atoms with Crippen molar-refractivity contribution in [2.24, 2.45) is 10.7 Å². The molecule has 3 aromatic rings. The molecule has 1 saturated carbocycles. The van der Waals surface area contributed by atoms with Gasteiger partial charge in [0.2, 0.25) is 5.95 Å². The van der Waals surface area contributed by atoms with E-state index in [1.807, 2.05) is 37.7 Å². The Morgan fingerprint density at radius 2 is 1.89 bits per heavy atom. The summed E-state index contributed by atoms with van der Waals surface area (Å²) >= 11 is 0. The number of hydrogen-bond acceptors (Lipinski definition) is 11. The van der Waals surface area contributed by atoms with E-state index in [9.17, 15) is 10.4 Å². The van der Waals surface area contributed by atoms with Crippen LogP contribution in [0.5, 0.6) is 11.6 Å². The summed E-state index contributed by atoms with van der Waals surface area (Å²) in [6.45, 7) is 9.77. The van der Waals surface area contributed by atoms with Crippen molar-refractivity contribution < 1.29 is 19.3 Å². The van der Waals surface area contributed by atoms with Gasteiger partial charge in [-0.2, -0.15) is 5.26 Å². The van der Waals surface area contributed by atoms with E-state index >= 15 is 0 Å². The number of nitrogens with zero attached hydrogens (tertiary/aromatic N) is 7. The highest BCUT2D eigenvalue weighted by Crippen LogP contribution is 2.36. The Balaban J connectivity index is 1.31. The van der Waals surface area contributed by atoms with E-state index < -0.39 is 5.60 Å². The van der Waals surface area contributed by atoms with Gasteiger partial charge in [0.1, 0.15) is 29.2 Å². The molecular formula is C33H45N9O4. The summed E-state index contributed by atoms with van der Waals surface area (Å²) in [5.41, 5.74) is 7.40. The van der Waals surface area contributed by atoms with Crippen LogP contribution in [0.3, 0.4) is 0 Å². The topological polar surface area (TPSA) is 169 Å². The Hall–Kier alpha value is -4.25. The molecule has 0 bridgehead atoms. The quantitative estimate of drug-likeness (QED) is 0.184. The van der Waals surface area contributed by atoms with Crippen molar-refractivity contribution in [3.63, 3.8) is 0 Å². The van der Waals surface area contributed by atoms with Crippen molar-refractivity contribution in [3.05, 3.63) is 42.4 Å². The number of anilines is 2. The highest BCUT2D eigenvalue weighted by Gasteiger charge is 2.30. The Bertz CT molecular complexity index is 1490. The number of ether oxygens (including phenoxy) is 3. The molecule has 2 aromatic heterocycles. The van der Waals surface area contributed by atoms with Crippen LogP contribution in [0.25, 0.3) is 11.1 Å². The zero-order valence-corrected chi connectivity index (χ0v) is 26.9. The molecule has 13 heteroatoms. The maximum absolute atomic E-state index is 9.58. The van der Waals surface area contributed by atoms with Gasteiger partial charge in [-0.15, -0.1) is 5.10 Å². The van der Waals surface area contributed by atoms with Crippen LogP contribution in [0.1, 0.15) is 64.5 Å². The van der Waals surface area contributed by atoms with Gasteiger partial charge >= 0.3 is 0 Å². The highest BCUT2D eigenvalue weighted by atomic mass is 16.5. The van der Waals surface area contributed by atoms with Crippen LogP contribution < -0.4 is 20.5 Å². The first kappa shape index (κ1) is 33.1. The lowest BCUT2D eigenvalue weighted by Crippen LogP contribution is -2.45. The fraction of sp³-hybridized carbons (Fsp3) is 0.545. The number of aliphatic imine (C=N–C) groups is 1. The van der Waals surface area contributed by atoms with Crippen LogP contribution in [-0.4, -0.2) is 93.3 Å². The average Bonchev–Trinajstić information content (AvgIpc) is 3.45. The Morgan fingerprint density at radius 3 is 2.57 bits per heavy atom. The molecule has 246 valence electrons. The number of nitrogens with one attached hydrogen (secondary N) is 1. The van der Waals surface area contributed by atoms with Gasteiger partial charge in [-0.3, -0.25) is 14.6 Å². The fourth-order valence-corrected chi connectivity index (χ4v) is 5.95. The second-order valence-electron chi connectivity index (χ2n) is 12.5. The molecule has 4 N–H and O–H groups in total. The summed E-state index contributed by atoms with van der Waals surface area (Å²) in [4.78, 5) is 15.7. The minimum Gasteiger partial charge on any atom is -0.487 e. The molecule has 1 atom stereocenters. The van der Waals surface area contributed by atoms with Crippen molar-refractivity contribution in [1.29, 1.82) is 5.26 Å². The Kier molecular flexibility index (Phi) is 11.1. The first-order valence-corrected chi connectivity index (χ1v) is 16.0. The van der Waals surface area contributed by atoms with Gasteiger partial charge in [-0.1, -0.05) is 6.07 Å². The van der Waals surface area contributed by atoms with Crippen molar-refractivity contribution >= 4 is 18.0 Å². The van der Waals surface area contributed by atoms with Gasteiger partial charge in [-0.25, -0.2) is 9.97 Å². The van der Waals surface area contributed by atoms with Crippen LogP contribution in [0.15, 0.2) is 41.8 Å². The molecule has 0 spiro atoms. The molecule has 0 unspecified atom stereocenters. The zero-order valence-electron chi connectivity index (χ0n) is 26.9. The predicted octanol–water partition coefficient (Wildman–Crippen LogP) is 4.07. The van der Waals surface area contributed by atoms with E-state index in [0.29, 0.717) is 47.8 Å². The number of nitrogens with two attached hydrogens (primary N) is 1. The molecule has 1 aromatic carbocycles. The lowest BCUT2D eigenvalue weighted by atomic mass is 9.90. The predicted molar refractivity (Wildman–Crippen MR) is 175 cm³/mol. The Labute approximate surface area is 270 Å². The standard InChI is InChI=1S/C33H45N9O4/c1-23(18-36-22-35)45-30-16-24(4-5-25(30)17-34)26-19-37-32(38-20-26)39-29-21-42(40-31(29)46-33(2,3)10-13-43)28-8-6-27(7-9-28)41-11-14-44-15-12-41/h4-5,16,19-23,27-28,43H,6-15,18H2,1-3H3,(H2,35,36)(H,37,38,39)/t23-,27?,28?/m0/s1. The van der Waals surface area contributed by atoms with Crippen LogP contribution in [0.2, 0.25) is 0 Å². The van der Waals surface area contributed by atoms with Crippen LogP contribution in [0, 0.1) is 11.3 Å². The normalized spacial score (nSPS) is 19.9. The lowest BCUT2D eigenvalue weighted by Gasteiger charge is -2.38. The minimum absolute atomic E-state index is 0.00917. The van der Waals surface area contributed by atoms with Gasteiger partial charge in [0, 0.05) is 50.1 Å². The summed E-state index contributed by atoms with van der Waals surface area (Å²) < 4.78 is 19.9. The molecule has 2 aliphatic rings. The summed E-state index contributed by atoms with van der Waals surface area (Å²) in [5, 5.41) is 27.3. The first-order chi connectivity index (χ1) is 22.3. The molecule has 1 aliphatic carbocycles. The van der Waals surface area contributed by atoms with E-state index in [1.54, 1.807) is 24.5 Å². The molecule has 2 fully saturated rings. The number of aromatic nitrogens is 4. The van der Waals surface area contributed by atoms with Crippen molar-refractivity contribution in [1.82, 2.24) is 24.6 Å². The third-order valence-electron chi connectivity index (χ3n) is 8.52. The van der Waals surface area contributed by atoms with Crippen molar-refractivity contribution in [3.8, 4) is 28.8 Å². The average molecular weight is 632 g/mol. The van der Waals surface area contributed by atoms with E-state index in [2.05, 4.69) is 31.2 Å². The highest BCUT2D eigenvalue weighted by molar-refractivity contribution is 5.67. The maximum atomic E-state index is 9.58. The van der Waals surface area contributed by atoms with E-state index in [-0.39, 0.29) is 18.8 Å². The molecule has 13 nitrogen and oxygen atoms in total. The van der Waals surface area contributed by atoms with Crippen LogP contribution in [0.4, 0.5) is 11.6 Å². The Morgan fingerprint density at radius 1 is 1.17 bits per heavy atom. The first-order valence-electron chi connectivity index (χ1n) is 16.0. The molecule has 0 radical (unpaired) electrons. The molecule has 1 aliphatic heterocycles. The summed E-state index contributed by atoms with van der Waals surface area (Å²) in [6, 6.07) is 8.39. The van der Waals surface area contributed by atoms with Gasteiger partial charge in [0.15, 0.2) is 0 Å². The number of aliphatic hydroxyl groups excluding tert-OH is 1. The largest absolute Gasteiger partial charge is 0.487 e. The van der Waals surface area contributed by atoms with Gasteiger partial charge in [0.05, 0.1) is 43.9 Å². The van der Waals surface area contributed by atoms with Crippen molar-refractivity contribution in [2.45, 2.75) is 76.7 Å². The minimum atomic E-state index is -0.618. The summed E-state index contributed by atoms with van der Waals surface area (Å²) in [7, 11) is 0. The van der Waals surface area contributed by atoms with Crippen LogP contribution >= 0.6 is 0 Å². The van der Waals surface area contributed by atoms with Crippen LogP contribution in [-0.2, 0) is 4.74 Å². The smallest absolute Gasteiger partial charge is 0.257 e. The molecule has 5 rings (SSSR count). The van der Waals surface area contributed by atoms with E-state index in [1.165, 1.54) is 6.34 Å². The van der Waals surface area contributed by atoms with Gasteiger partial charge in [-0.05, 0) is 64.2 Å². The second kappa shape index (κ2) is 15.4. The molecule has 0 amide bonds. The number of hydrogen-bond donors (Lipinski definition) is 3. The lowest BCUT2D eigenvalue weighted by molar-refractivity contribution is 0.00493. The number of benzene rings is 1.